The van der Waals surface area contributed by atoms with E-state index < -0.39 is 41.1 Å². The van der Waals surface area contributed by atoms with Crippen molar-refractivity contribution >= 4 is 12.2 Å². The van der Waals surface area contributed by atoms with Gasteiger partial charge in [0.05, 0.1) is 18.7 Å². The van der Waals surface area contributed by atoms with E-state index >= 15 is 0 Å². The Kier molecular flexibility index (Phi) is 8.11. The van der Waals surface area contributed by atoms with E-state index in [9.17, 15) is 9.59 Å². The van der Waals surface area contributed by atoms with E-state index in [1.165, 1.54) is 0 Å². The zero-order chi connectivity index (χ0) is 25.7. The van der Waals surface area contributed by atoms with Crippen LogP contribution in [0.1, 0.15) is 52.7 Å². The van der Waals surface area contributed by atoms with Crippen molar-refractivity contribution in [1.29, 1.82) is 0 Å². The van der Waals surface area contributed by atoms with E-state index in [1.54, 1.807) is 0 Å². The molecule has 35 heavy (non-hydrogen) atoms. The van der Waals surface area contributed by atoms with Gasteiger partial charge in [0.2, 0.25) is 0 Å². The van der Waals surface area contributed by atoms with Gasteiger partial charge in [0.1, 0.15) is 16.8 Å². The molecule has 1 heterocycles. The summed E-state index contributed by atoms with van der Waals surface area (Å²) in [5.74, 6) is 0. The summed E-state index contributed by atoms with van der Waals surface area (Å²) >= 11 is 0. The van der Waals surface area contributed by atoms with Crippen molar-refractivity contribution in [2.45, 2.75) is 83.3 Å². The normalized spacial score (nSPS) is 19.3. The Balaban J connectivity index is 1.91. The third-order valence-electron chi connectivity index (χ3n) is 5.60. The molecule has 1 aliphatic rings. The Bertz CT molecular complexity index is 898. The van der Waals surface area contributed by atoms with Gasteiger partial charge < -0.3 is 24.8 Å². The third kappa shape index (κ3) is 8.28. The van der Waals surface area contributed by atoms with E-state index in [4.69, 9.17) is 14.2 Å². The molecule has 1 aliphatic heterocycles. The molecule has 2 aromatic carbocycles. The average molecular weight is 483 g/mol. The van der Waals surface area contributed by atoms with Crippen LogP contribution in [0.5, 0.6) is 0 Å². The SMILES string of the molecule is CC(C)(C)OC(=O)NC(Cc1ccccc1)C1(C(Cc2ccccc2)NC(=O)OC(C)(C)C)CO1. The Labute approximate surface area is 208 Å². The second-order valence-corrected chi connectivity index (χ2v) is 11.0. The molecule has 0 aliphatic carbocycles. The molecule has 0 bridgehead atoms. The molecule has 7 heteroatoms. The van der Waals surface area contributed by atoms with Crippen LogP contribution in [0.15, 0.2) is 60.7 Å². The molecule has 190 valence electrons. The van der Waals surface area contributed by atoms with E-state index in [-0.39, 0.29) is 0 Å². The van der Waals surface area contributed by atoms with Crippen LogP contribution < -0.4 is 10.6 Å². The van der Waals surface area contributed by atoms with E-state index in [0.717, 1.165) is 11.1 Å². The maximum atomic E-state index is 12.8. The predicted molar refractivity (Wildman–Crippen MR) is 135 cm³/mol. The maximum absolute atomic E-state index is 12.8. The number of epoxide rings is 1. The lowest BCUT2D eigenvalue weighted by Crippen LogP contribution is -2.59. The fourth-order valence-electron chi connectivity index (χ4n) is 4.02. The first-order valence-corrected chi connectivity index (χ1v) is 12.1. The van der Waals surface area contributed by atoms with Crippen molar-refractivity contribution < 1.29 is 23.8 Å². The molecule has 0 spiro atoms. The number of amides is 2. The second kappa shape index (κ2) is 10.7. The van der Waals surface area contributed by atoms with Gasteiger partial charge in [0.15, 0.2) is 0 Å². The number of hydrogen-bond donors (Lipinski definition) is 2. The molecule has 0 radical (unpaired) electrons. The summed E-state index contributed by atoms with van der Waals surface area (Å²) in [6.07, 6.45) is -0.0176. The first-order chi connectivity index (χ1) is 16.4. The summed E-state index contributed by atoms with van der Waals surface area (Å²) in [5, 5.41) is 6.07. The summed E-state index contributed by atoms with van der Waals surface area (Å²) in [4.78, 5) is 25.6. The molecular weight excluding hydrogens is 444 g/mol. The zero-order valence-electron chi connectivity index (χ0n) is 21.6. The monoisotopic (exact) mass is 482 g/mol. The van der Waals surface area contributed by atoms with Gasteiger partial charge in [-0.3, -0.25) is 0 Å². The summed E-state index contributed by atoms with van der Waals surface area (Å²) in [7, 11) is 0. The maximum Gasteiger partial charge on any atom is 0.407 e. The van der Waals surface area contributed by atoms with Gasteiger partial charge in [-0.15, -0.1) is 0 Å². The fourth-order valence-corrected chi connectivity index (χ4v) is 4.02. The Morgan fingerprint density at radius 2 is 1.11 bits per heavy atom. The quantitative estimate of drug-likeness (QED) is 0.515. The average Bonchev–Trinajstić information content (AvgIpc) is 3.54. The van der Waals surface area contributed by atoms with Gasteiger partial charge in [-0.05, 0) is 65.5 Å². The fraction of sp³-hybridized carbons (Fsp3) is 0.500. The first kappa shape index (κ1) is 26.5. The predicted octanol–water partition coefficient (Wildman–Crippen LogP) is 5.03. The highest BCUT2D eigenvalue weighted by atomic mass is 16.6. The number of ether oxygens (including phenoxy) is 3. The second-order valence-electron chi connectivity index (χ2n) is 11.0. The topological polar surface area (TPSA) is 89.2 Å². The zero-order valence-corrected chi connectivity index (χ0v) is 21.6. The first-order valence-electron chi connectivity index (χ1n) is 12.1. The molecule has 2 N–H and O–H groups in total. The number of benzene rings is 2. The van der Waals surface area contributed by atoms with Crippen LogP contribution in [0.2, 0.25) is 0 Å². The minimum Gasteiger partial charge on any atom is -0.444 e. The lowest BCUT2D eigenvalue weighted by atomic mass is 9.84. The van der Waals surface area contributed by atoms with Gasteiger partial charge in [-0.25, -0.2) is 9.59 Å². The minimum absolute atomic E-state index is 0.383. The van der Waals surface area contributed by atoms with Crippen molar-refractivity contribution in [3.8, 4) is 0 Å². The van der Waals surface area contributed by atoms with Crippen LogP contribution >= 0.6 is 0 Å². The molecular formula is C28H38N2O5. The molecule has 7 nitrogen and oxygen atoms in total. The van der Waals surface area contributed by atoms with Crippen LogP contribution in [-0.4, -0.2) is 47.7 Å². The minimum atomic E-state index is -0.820. The molecule has 2 aromatic rings. The van der Waals surface area contributed by atoms with Crippen molar-refractivity contribution in [3.63, 3.8) is 0 Å². The van der Waals surface area contributed by atoms with E-state index in [2.05, 4.69) is 10.6 Å². The van der Waals surface area contributed by atoms with Crippen LogP contribution in [0.3, 0.4) is 0 Å². The number of hydrogen-bond acceptors (Lipinski definition) is 5. The van der Waals surface area contributed by atoms with Gasteiger partial charge in [0, 0.05) is 0 Å². The lowest BCUT2D eigenvalue weighted by Gasteiger charge is -2.34. The van der Waals surface area contributed by atoms with Crippen LogP contribution in [0.4, 0.5) is 9.59 Å². The number of rotatable bonds is 8. The van der Waals surface area contributed by atoms with E-state index in [0.29, 0.717) is 19.4 Å². The number of carbonyl (C=O) groups is 2. The molecule has 2 atom stereocenters. The van der Waals surface area contributed by atoms with Gasteiger partial charge in [-0.1, -0.05) is 60.7 Å². The van der Waals surface area contributed by atoms with Gasteiger partial charge >= 0.3 is 12.2 Å². The number of alkyl carbamates (subject to hydrolysis) is 2. The summed E-state index contributed by atoms with van der Waals surface area (Å²) in [5.41, 5.74) is -0.0216. The summed E-state index contributed by atoms with van der Waals surface area (Å²) in [6.45, 7) is 11.3. The smallest absolute Gasteiger partial charge is 0.407 e. The van der Waals surface area contributed by atoms with Crippen LogP contribution in [0, 0.1) is 0 Å². The highest BCUT2D eigenvalue weighted by molar-refractivity contribution is 5.70. The third-order valence-corrected chi connectivity index (χ3v) is 5.60. The van der Waals surface area contributed by atoms with Crippen molar-refractivity contribution in [2.75, 3.05) is 6.61 Å². The molecule has 3 rings (SSSR count). The van der Waals surface area contributed by atoms with Crippen molar-refractivity contribution in [3.05, 3.63) is 71.8 Å². The van der Waals surface area contributed by atoms with Crippen molar-refractivity contribution in [2.24, 2.45) is 0 Å². The Morgan fingerprint density at radius 3 is 1.40 bits per heavy atom. The molecule has 0 aromatic heterocycles. The molecule has 2 unspecified atom stereocenters. The Hall–Kier alpha value is -3.06. The number of nitrogens with one attached hydrogen (secondary N) is 2. The van der Waals surface area contributed by atoms with Crippen LogP contribution in [-0.2, 0) is 27.1 Å². The molecule has 0 saturated carbocycles. The van der Waals surface area contributed by atoms with Gasteiger partial charge in [0.25, 0.3) is 0 Å². The molecule has 2 amide bonds. The van der Waals surface area contributed by atoms with E-state index in [1.807, 2.05) is 102 Å². The summed E-state index contributed by atoms with van der Waals surface area (Å²) < 4.78 is 17.2. The number of carbonyl (C=O) groups excluding carboxylic acids is 2. The molecule has 1 fully saturated rings. The lowest BCUT2D eigenvalue weighted by molar-refractivity contribution is 0.0410. The highest BCUT2D eigenvalue weighted by Gasteiger charge is 2.58. The standard InChI is InChI=1S/C28H38N2O5/c1-26(2,3)34-24(31)29-22(17-20-13-9-7-10-14-20)28(19-33-28)23(18-21-15-11-8-12-16-21)30-25(32)35-27(4,5)6/h7-16,22-23H,17-19H2,1-6H3,(H,29,31)(H,30,32). The highest BCUT2D eigenvalue weighted by Crippen LogP contribution is 2.38. The van der Waals surface area contributed by atoms with Gasteiger partial charge in [-0.2, -0.15) is 0 Å². The molecule has 1 saturated heterocycles. The van der Waals surface area contributed by atoms with Crippen molar-refractivity contribution in [1.82, 2.24) is 10.6 Å². The Morgan fingerprint density at radius 1 is 0.771 bits per heavy atom. The summed E-state index contributed by atoms with van der Waals surface area (Å²) in [6, 6.07) is 18.9. The van der Waals surface area contributed by atoms with Crippen LogP contribution in [0.25, 0.3) is 0 Å². The largest absolute Gasteiger partial charge is 0.444 e.